The highest BCUT2D eigenvalue weighted by Crippen LogP contribution is 2.40. The van der Waals surface area contributed by atoms with Crippen LogP contribution >= 0.6 is 0 Å². The lowest BCUT2D eigenvalue weighted by Gasteiger charge is -2.44. The van der Waals surface area contributed by atoms with Gasteiger partial charge in [0.2, 0.25) is 0 Å². The summed E-state index contributed by atoms with van der Waals surface area (Å²) in [6, 6.07) is 6.26. The smallest absolute Gasteiger partial charge is 0.332 e. The van der Waals surface area contributed by atoms with E-state index in [-0.39, 0.29) is 17.7 Å². The van der Waals surface area contributed by atoms with E-state index in [1.54, 1.807) is 12.1 Å². The van der Waals surface area contributed by atoms with Crippen LogP contribution in [-0.4, -0.2) is 18.1 Å². The molecule has 0 radical (unpaired) electrons. The molecule has 3 atom stereocenters. The highest BCUT2D eigenvalue weighted by atomic mass is 19.1. The Labute approximate surface area is 125 Å². The quantitative estimate of drug-likeness (QED) is 0.853. The fraction of sp³-hybridized carbons (Fsp3) is 0.588. The molecule has 1 fully saturated rings. The molecule has 0 heterocycles. The first kappa shape index (κ1) is 15.8. The third-order valence-electron chi connectivity index (χ3n) is 4.44. The minimum atomic E-state index is -0.762. The van der Waals surface area contributed by atoms with Gasteiger partial charge in [-0.1, -0.05) is 26.3 Å². The number of rotatable bonds is 4. The molecule has 0 aromatic heterocycles. The van der Waals surface area contributed by atoms with Crippen LogP contribution in [0.5, 0.6) is 0 Å². The number of ether oxygens (including phenoxy) is 1. The number of carbonyl (C=O) groups excluding carboxylic acids is 1. The fourth-order valence-corrected chi connectivity index (χ4v) is 3.23. The van der Waals surface area contributed by atoms with E-state index in [1.807, 2.05) is 6.92 Å². The van der Waals surface area contributed by atoms with Crippen LogP contribution in [-0.2, 0) is 9.53 Å². The number of halogens is 1. The maximum atomic E-state index is 13.4. The van der Waals surface area contributed by atoms with Crippen molar-refractivity contribution in [3.8, 4) is 0 Å². The molecular formula is C17H24FNO2. The van der Waals surface area contributed by atoms with Crippen molar-refractivity contribution in [2.75, 3.05) is 11.9 Å². The van der Waals surface area contributed by atoms with Gasteiger partial charge in [-0.25, -0.2) is 9.18 Å². The molecule has 3 unspecified atom stereocenters. The predicted octanol–water partition coefficient (Wildman–Crippen LogP) is 4.00. The van der Waals surface area contributed by atoms with Gasteiger partial charge in [-0.15, -0.1) is 0 Å². The number of carbonyl (C=O) groups is 1. The molecule has 1 aliphatic carbocycles. The number of benzene rings is 1. The van der Waals surface area contributed by atoms with E-state index in [0.717, 1.165) is 12.8 Å². The number of hydrogen-bond donors (Lipinski definition) is 1. The molecule has 0 saturated heterocycles. The molecule has 2 rings (SSSR count). The van der Waals surface area contributed by atoms with E-state index in [9.17, 15) is 9.18 Å². The summed E-state index contributed by atoms with van der Waals surface area (Å²) >= 11 is 0. The van der Waals surface area contributed by atoms with Gasteiger partial charge in [-0.2, -0.15) is 0 Å². The van der Waals surface area contributed by atoms with E-state index in [4.69, 9.17) is 4.74 Å². The molecule has 116 valence electrons. The van der Waals surface area contributed by atoms with Crippen molar-refractivity contribution in [1.29, 1.82) is 0 Å². The van der Waals surface area contributed by atoms with Crippen molar-refractivity contribution >= 4 is 11.7 Å². The standard InChI is InChI=1S/C17H24FNO2/c1-4-21-16(20)17(11-12(2)8-9-13(17)3)19-15-7-5-6-14(18)10-15/h5-7,10,12-13,19H,4,8-9,11H2,1-3H3. The molecule has 4 heteroatoms. The second-order valence-corrected chi connectivity index (χ2v) is 6.11. The summed E-state index contributed by atoms with van der Waals surface area (Å²) in [6.45, 7) is 6.37. The maximum absolute atomic E-state index is 13.4. The molecule has 1 aromatic carbocycles. The van der Waals surface area contributed by atoms with Gasteiger partial charge in [-0.3, -0.25) is 0 Å². The second kappa shape index (κ2) is 6.46. The first-order valence-corrected chi connectivity index (χ1v) is 7.69. The number of anilines is 1. The molecule has 1 aliphatic rings. The van der Waals surface area contributed by atoms with Crippen LogP contribution in [0.25, 0.3) is 0 Å². The van der Waals surface area contributed by atoms with Gasteiger partial charge < -0.3 is 10.1 Å². The Kier molecular flexibility index (Phi) is 4.86. The topological polar surface area (TPSA) is 38.3 Å². The van der Waals surface area contributed by atoms with E-state index in [2.05, 4.69) is 19.2 Å². The molecule has 1 saturated carbocycles. The van der Waals surface area contributed by atoms with Gasteiger partial charge in [-0.05, 0) is 49.8 Å². The van der Waals surface area contributed by atoms with E-state index in [1.165, 1.54) is 12.1 Å². The Morgan fingerprint density at radius 1 is 1.43 bits per heavy atom. The van der Waals surface area contributed by atoms with Crippen LogP contribution in [0.2, 0.25) is 0 Å². The highest BCUT2D eigenvalue weighted by molar-refractivity contribution is 5.85. The van der Waals surface area contributed by atoms with E-state index in [0.29, 0.717) is 24.6 Å². The van der Waals surface area contributed by atoms with Crippen LogP contribution in [0.3, 0.4) is 0 Å². The zero-order valence-corrected chi connectivity index (χ0v) is 13.0. The number of nitrogens with one attached hydrogen (secondary N) is 1. The molecule has 0 amide bonds. The van der Waals surface area contributed by atoms with Crippen LogP contribution in [0.15, 0.2) is 24.3 Å². The van der Waals surface area contributed by atoms with Gasteiger partial charge >= 0.3 is 5.97 Å². The van der Waals surface area contributed by atoms with Gasteiger partial charge in [0, 0.05) is 5.69 Å². The minimum absolute atomic E-state index is 0.149. The summed E-state index contributed by atoms with van der Waals surface area (Å²) in [5.41, 5.74) is -0.134. The molecule has 1 N–H and O–H groups in total. The summed E-state index contributed by atoms with van der Waals surface area (Å²) in [4.78, 5) is 12.6. The van der Waals surface area contributed by atoms with Gasteiger partial charge in [0.15, 0.2) is 0 Å². The minimum Gasteiger partial charge on any atom is -0.464 e. The summed E-state index contributed by atoms with van der Waals surface area (Å²) in [7, 11) is 0. The van der Waals surface area contributed by atoms with Crippen molar-refractivity contribution in [3.63, 3.8) is 0 Å². The van der Waals surface area contributed by atoms with Crippen LogP contribution in [0.4, 0.5) is 10.1 Å². The third-order valence-corrected chi connectivity index (χ3v) is 4.44. The van der Waals surface area contributed by atoms with Gasteiger partial charge in [0.1, 0.15) is 11.4 Å². The fourth-order valence-electron chi connectivity index (χ4n) is 3.23. The van der Waals surface area contributed by atoms with Crippen LogP contribution < -0.4 is 5.32 Å². The largest absolute Gasteiger partial charge is 0.464 e. The highest BCUT2D eigenvalue weighted by Gasteiger charge is 2.48. The second-order valence-electron chi connectivity index (χ2n) is 6.11. The number of esters is 1. The average Bonchev–Trinajstić information content (AvgIpc) is 2.43. The molecule has 0 aliphatic heterocycles. The Hall–Kier alpha value is -1.58. The Morgan fingerprint density at radius 3 is 2.86 bits per heavy atom. The Morgan fingerprint density at radius 2 is 2.19 bits per heavy atom. The zero-order valence-electron chi connectivity index (χ0n) is 13.0. The lowest BCUT2D eigenvalue weighted by Crippen LogP contribution is -2.55. The average molecular weight is 293 g/mol. The summed E-state index contributed by atoms with van der Waals surface area (Å²) in [6.07, 6.45) is 2.78. The Bertz CT molecular complexity index is 505. The molecule has 1 aromatic rings. The van der Waals surface area contributed by atoms with Crippen molar-refractivity contribution in [3.05, 3.63) is 30.1 Å². The summed E-state index contributed by atoms with van der Waals surface area (Å²) in [5.74, 6) is 0.0477. The maximum Gasteiger partial charge on any atom is 0.332 e. The first-order chi connectivity index (χ1) is 9.98. The first-order valence-electron chi connectivity index (χ1n) is 7.69. The molecular weight excluding hydrogens is 269 g/mol. The number of hydrogen-bond acceptors (Lipinski definition) is 3. The lowest BCUT2D eigenvalue weighted by atomic mass is 9.69. The molecule has 0 bridgehead atoms. The SMILES string of the molecule is CCOC(=O)C1(Nc2cccc(F)c2)CC(C)CCC1C. The summed E-state index contributed by atoms with van der Waals surface area (Å²) in [5, 5.41) is 3.29. The van der Waals surface area contributed by atoms with Crippen LogP contribution in [0.1, 0.15) is 40.0 Å². The van der Waals surface area contributed by atoms with Crippen molar-refractivity contribution < 1.29 is 13.9 Å². The molecule has 21 heavy (non-hydrogen) atoms. The Balaban J connectivity index is 2.33. The van der Waals surface area contributed by atoms with Crippen molar-refractivity contribution in [2.24, 2.45) is 11.8 Å². The van der Waals surface area contributed by atoms with E-state index < -0.39 is 5.54 Å². The lowest BCUT2D eigenvalue weighted by molar-refractivity contribution is -0.152. The normalized spacial score (nSPS) is 29.0. The van der Waals surface area contributed by atoms with Gasteiger partial charge in [0.25, 0.3) is 0 Å². The van der Waals surface area contributed by atoms with Crippen molar-refractivity contribution in [2.45, 2.75) is 45.6 Å². The van der Waals surface area contributed by atoms with Crippen LogP contribution in [0, 0.1) is 17.7 Å². The van der Waals surface area contributed by atoms with Crippen molar-refractivity contribution in [1.82, 2.24) is 0 Å². The predicted molar refractivity (Wildman–Crippen MR) is 81.6 cm³/mol. The zero-order chi connectivity index (χ0) is 15.5. The molecule has 0 spiro atoms. The van der Waals surface area contributed by atoms with E-state index >= 15 is 0 Å². The third kappa shape index (κ3) is 3.36. The van der Waals surface area contributed by atoms with Gasteiger partial charge in [0.05, 0.1) is 6.61 Å². The molecule has 3 nitrogen and oxygen atoms in total. The summed E-state index contributed by atoms with van der Waals surface area (Å²) < 4.78 is 18.7. The monoisotopic (exact) mass is 293 g/mol.